The zero-order valence-electron chi connectivity index (χ0n) is 16.3. The highest BCUT2D eigenvalue weighted by Crippen LogP contribution is 2.29. The van der Waals surface area contributed by atoms with Crippen LogP contribution in [0.2, 0.25) is 0 Å². The summed E-state index contributed by atoms with van der Waals surface area (Å²) >= 11 is 1.68. The molecule has 2 aliphatic heterocycles. The van der Waals surface area contributed by atoms with E-state index in [-0.39, 0.29) is 5.91 Å². The molecule has 27 heavy (non-hydrogen) atoms. The van der Waals surface area contributed by atoms with E-state index in [1.54, 1.807) is 11.8 Å². The van der Waals surface area contributed by atoms with Gasteiger partial charge in [0.15, 0.2) is 0 Å². The van der Waals surface area contributed by atoms with Gasteiger partial charge in [-0.3, -0.25) is 4.79 Å². The van der Waals surface area contributed by atoms with Gasteiger partial charge in [0.25, 0.3) is 5.91 Å². The lowest BCUT2D eigenvalue weighted by Gasteiger charge is -2.33. The van der Waals surface area contributed by atoms with E-state index < -0.39 is 0 Å². The Morgan fingerprint density at radius 1 is 1.15 bits per heavy atom. The molecule has 1 fully saturated rings. The van der Waals surface area contributed by atoms with Gasteiger partial charge in [-0.1, -0.05) is 12.5 Å². The summed E-state index contributed by atoms with van der Waals surface area (Å²) in [6.07, 6.45) is 8.87. The topological polar surface area (TPSA) is 51.0 Å². The fourth-order valence-corrected chi connectivity index (χ4v) is 4.75. The number of fused-ring (bicyclic) bond motifs is 1. The number of thioether (sulfide) groups is 1. The van der Waals surface area contributed by atoms with E-state index in [9.17, 15) is 4.79 Å². The maximum Gasteiger partial charge on any atom is 0.254 e. The molecule has 3 heterocycles. The summed E-state index contributed by atoms with van der Waals surface area (Å²) < 4.78 is 2.34. The van der Waals surface area contributed by atoms with Crippen LogP contribution in [0.15, 0.2) is 23.1 Å². The van der Waals surface area contributed by atoms with Gasteiger partial charge in [0.1, 0.15) is 11.6 Å². The number of aryl methyl sites for hydroxylation is 2. The Kier molecular flexibility index (Phi) is 5.53. The summed E-state index contributed by atoms with van der Waals surface area (Å²) in [4.78, 5) is 16.4. The monoisotopic (exact) mass is 384 g/mol. The van der Waals surface area contributed by atoms with E-state index in [2.05, 4.69) is 26.9 Å². The van der Waals surface area contributed by atoms with E-state index in [0.717, 1.165) is 66.6 Å². The predicted molar refractivity (Wildman–Crippen MR) is 108 cm³/mol. The largest absolute Gasteiger partial charge is 0.338 e. The van der Waals surface area contributed by atoms with Gasteiger partial charge in [-0.05, 0) is 56.6 Å². The zero-order valence-corrected chi connectivity index (χ0v) is 17.1. The molecule has 1 saturated heterocycles. The Hall–Kier alpha value is -1.82. The number of carbonyl (C=O) groups excluding carboxylic acids is 1. The third-order valence-corrected chi connectivity index (χ3v) is 6.61. The highest BCUT2D eigenvalue weighted by molar-refractivity contribution is 7.98. The highest BCUT2D eigenvalue weighted by Gasteiger charge is 2.30. The molecule has 0 aliphatic carbocycles. The molecule has 0 N–H and O–H groups in total. The summed E-state index contributed by atoms with van der Waals surface area (Å²) in [5, 5.41) is 9.01. The summed E-state index contributed by atoms with van der Waals surface area (Å²) in [6.45, 7) is 4.63. The molecule has 1 atom stereocenters. The van der Waals surface area contributed by atoms with Gasteiger partial charge in [-0.2, -0.15) is 0 Å². The number of nitrogens with zero attached hydrogens (tertiary/aromatic N) is 4. The van der Waals surface area contributed by atoms with Crippen LogP contribution in [0.5, 0.6) is 0 Å². The number of carbonyl (C=O) groups is 1. The second kappa shape index (κ2) is 8.05. The van der Waals surface area contributed by atoms with Crippen molar-refractivity contribution in [3.05, 3.63) is 41.0 Å². The van der Waals surface area contributed by atoms with Crippen molar-refractivity contribution < 1.29 is 4.79 Å². The molecule has 2 aromatic rings. The quantitative estimate of drug-likeness (QED) is 0.749. The summed E-state index contributed by atoms with van der Waals surface area (Å²) in [5.41, 5.74) is 1.89. The van der Waals surface area contributed by atoms with Crippen molar-refractivity contribution in [1.29, 1.82) is 0 Å². The van der Waals surface area contributed by atoms with Crippen molar-refractivity contribution in [1.82, 2.24) is 19.7 Å². The number of benzene rings is 1. The molecule has 1 aromatic carbocycles. The molecule has 5 nitrogen and oxygen atoms in total. The van der Waals surface area contributed by atoms with Crippen LogP contribution in [0, 0.1) is 6.92 Å². The lowest BCUT2D eigenvalue weighted by molar-refractivity contribution is 0.0702. The van der Waals surface area contributed by atoms with E-state index in [0.29, 0.717) is 5.92 Å². The van der Waals surface area contributed by atoms with Gasteiger partial charge in [0.2, 0.25) is 0 Å². The Balaban J connectivity index is 1.55. The van der Waals surface area contributed by atoms with Gasteiger partial charge in [0.05, 0.1) is 0 Å². The average Bonchev–Trinajstić information content (AvgIpc) is 2.96. The van der Waals surface area contributed by atoms with Crippen molar-refractivity contribution in [3.8, 4) is 0 Å². The molecule has 6 heteroatoms. The fourth-order valence-electron chi connectivity index (χ4n) is 4.31. The van der Waals surface area contributed by atoms with Gasteiger partial charge in [-0.25, -0.2) is 0 Å². The second-order valence-electron chi connectivity index (χ2n) is 7.71. The normalized spacial score (nSPS) is 20.2. The molecular weight excluding hydrogens is 356 g/mol. The average molecular weight is 385 g/mol. The number of hydrogen-bond donors (Lipinski definition) is 0. The fraction of sp³-hybridized carbons (Fsp3) is 0.571. The van der Waals surface area contributed by atoms with Gasteiger partial charge >= 0.3 is 0 Å². The third-order valence-electron chi connectivity index (χ3n) is 5.89. The first-order valence-electron chi connectivity index (χ1n) is 10.0. The third kappa shape index (κ3) is 3.77. The van der Waals surface area contributed by atoms with Crippen molar-refractivity contribution in [2.75, 3.05) is 19.3 Å². The summed E-state index contributed by atoms with van der Waals surface area (Å²) in [6, 6.07) is 6.18. The van der Waals surface area contributed by atoms with Crippen molar-refractivity contribution in [2.45, 2.75) is 62.8 Å². The lowest BCUT2D eigenvalue weighted by Crippen LogP contribution is -2.40. The van der Waals surface area contributed by atoms with E-state index >= 15 is 0 Å². The van der Waals surface area contributed by atoms with Gasteiger partial charge in [-0.15, -0.1) is 22.0 Å². The number of hydrogen-bond acceptors (Lipinski definition) is 4. The second-order valence-corrected chi connectivity index (χ2v) is 8.59. The Morgan fingerprint density at radius 2 is 2.04 bits per heavy atom. The predicted octanol–water partition coefficient (Wildman–Crippen LogP) is 4.05. The van der Waals surface area contributed by atoms with Crippen LogP contribution in [0.1, 0.15) is 65.6 Å². The molecule has 1 amide bonds. The van der Waals surface area contributed by atoms with E-state index in [1.807, 2.05) is 24.1 Å². The van der Waals surface area contributed by atoms with Crippen LogP contribution >= 0.6 is 11.8 Å². The lowest BCUT2D eigenvalue weighted by atomic mass is 9.96. The Morgan fingerprint density at radius 3 is 2.89 bits per heavy atom. The van der Waals surface area contributed by atoms with E-state index in [4.69, 9.17) is 0 Å². The first-order chi connectivity index (χ1) is 13.2. The minimum Gasteiger partial charge on any atom is -0.338 e. The highest BCUT2D eigenvalue weighted by atomic mass is 32.2. The van der Waals surface area contributed by atoms with Crippen LogP contribution in [-0.4, -0.2) is 44.9 Å². The Bertz CT molecular complexity index is 832. The molecule has 0 spiro atoms. The number of piperidine rings is 1. The van der Waals surface area contributed by atoms with Gasteiger partial charge in [0, 0.05) is 42.4 Å². The summed E-state index contributed by atoms with van der Waals surface area (Å²) in [5.74, 6) is 2.68. The van der Waals surface area contributed by atoms with Crippen molar-refractivity contribution in [2.24, 2.45) is 0 Å². The SMILES string of the molecule is CSc1ccc(C)c(C(=O)N2CCCC(c3nnc4n3CCCCC4)C2)c1. The minimum absolute atomic E-state index is 0.156. The van der Waals surface area contributed by atoms with E-state index in [1.165, 1.54) is 19.3 Å². The van der Waals surface area contributed by atoms with Crippen LogP contribution in [0.3, 0.4) is 0 Å². The van der Waals surface area contributed by atoms with Crippen molar-refractivity contribution in [3.63, 3.8) is 0 Å². The molecule has 0 radical (unpaired) electrons. The van der Waals surface area contributed by atoms with Crippen LogP contribution in [0.4, 0.5) is 0 Å². The number of likely N-dealkylation sites (tertiary alicyclic amines) is 1. The van der Waals surface area contributed by atoms with Gasteiger partial charge < -0.3 is 9.47 Å². The standard InChI is InChI=1S/C21H28N4OS/c1-15-9-10-17(27-2)13-18(15)21(26)24-11-6-7-16(14-24)20-23-22-19-8-4-3-5-12-25(19)20/h9-10,13,16H,3-8,11-12,14H2,1-2H3. The number of amides is 1. The molecule has 2 aliphatic rings. The molecule has 4 rings (SSSR count). The first kappa shape index (κ1) is 18.5. The zero-order chi connectivity index (χ0) is 18.8. The number of aromatic nitrogens is 3. The first-order valence-corrected chi connectivity index (χ1v) is 11.3. The van der Waals surface area contributed by atoms with Crippen LogP contribution < -0.4 is 0 Å². The molecule has 1 unspecified atom stereocenters. The maximum atomic E-state index is 13.2. The van der Waals surface area contributed by atoms with Crippen molar-refractivity contribution >= 4 is 17.7 Å². The smallest absolute Gasteiger partial charge is 0.254 e. The minimum atomic E-state index is 0.156. The molecule has 144 valence electrons. The van der Waals surface area contributed by atoms with Crippen LogP contribution in [0.25, 0.3) is 0 Å². The molecule has 1 aromatic heterocycles. The number of rotatable bonds is 3. The molecule has 0 saturated carbocycles. The maximum absolute atomic E-state index is 13.2. The molecular formula is C21H28N4OS. The van der Waals surface area contributed by atoms with Crippen LogP contribution in [-0.2, 0) is 13.0 Å². The summed E-state index contributed by atoms with van der Waals surface area (Å²) in [7, 11) is 0. The molecule has 0 bridgehead atoms. The Labute approximate surface area is 165 Å².